The molecule has 1 aromatic carbocycles. The summed E-state index contributed by atoms with van der Waals surface area (Å²) < 4.78 is 6.23. The van der Waals surface area contributed by atoms with Crippen LogP contribution in [0.2, 0.25) is 0 Å². The van der Waals surface area contributed by atoms with Crippen LogP contribution < -0.4 is 15.5 Å². The minimum Gasteiger partial charge on any atom is -0.394 e. The largest absolute Gasteiger partial charge is 0.394 e. The summed E-state index contributed by atoms with van der Waals surface area (Å²) in [5, 5.41) is 29.7. The molecule has 0 aromatic heterocycles. The molecule has 1 saturated heterocycles. The summed E-state index contributed by atoms with van der Waals surface area (Å²) in [5.74, 6) is 1.19. The van der Waals surface area contributed by atoms with Crippen LogP contribution >= 0.6 is 0 Å². The molecule has 3 unspecified atom stereocenters. The fourth-order valence-electron chi connectivity index (χ4n) is 10.3. The Morgan fingerprint density at radius 3 is 2.28 bits per heavy atom. The fourth-order valence-corrected chi connectivity index (χ4v) is 10.3. The number of benzene rings is 1. The topological polar surface area (TPSA) is 124 Å². The third-order valence-electron chi connectivity index (χ3n) is 13.7. The average molecular weight is 743 g/mol. The maximum atomic E-state index is 14.2. The Kier molecular flexibility index (Phi) is 15.6. The Balaban J connectivity index is 1.57. The zero-order valence-electron chi connectivity index (χ0n) is 34.9. The highest BCUT2D eigenvalue weighted by molar-refractivity contribution is 5.95. The van der Waals surface area contributed by atoms with Gasteiger partial charge in [-0.1, -0.05) is 67.7 Å². The number of nitrogens with one attached hydrogen (secondary N) is 2. The Morgan fingerprint density at radius 1 is 1.06 bits per heavy atom. The minimum atomic E-state index is -0.852. The molecule has 5 rings (SSSR count). The van der Waals surface area contributed by atoms with Gasteiger partial charge in [-0.3, -0.25) is 14.4 Å². The zero-order valence-corrected chi connectivity index (χ0v) is 34.9. The van der Waals surface area contributed by atoms with Crippen LogP contribution in [0.4, 0.5) is 5.69 Å². The first-order valence-electron chi connectivity index (χ1n) is 20.9. The number of anilines is 1. The van der Waals surface area contributed by atoms with Gasteiger partial charge in [0.05, 0.1) is 18.8 Å². The van der Waals surface area contributed by atoms with Crippen molar-refractivity contribution in [3.8, 4) is 0 Å². The number of hydroxylamine groups is 2. The Labute approximate surface area is 321 Å². The van der Waals surface area contributed by atoms with Crippen LogP contribution in [0.1, 0.15) is 135 Å². The van der Waals surface area contributed by atoms with Crippen LogP contribution in [0.25, 0.3) is 0 Å². The molecule has 2 amide bonds. The minimum absolute atomic E-state index is 0.0175. The number of aliphatic hydroxyl groups is 2. The summed E-state index contributed by atoms with van der Waals surface area (Å²) in [7, 11) is 5.72. The lowest BCUT2D eigenvalue weighted by Crippen LogP contribution is -2.62. The molecule has 3 aliphatic carbocycles. The number of ether oxygens (including phenoxy) is 1. The van der Waals surface area contributed by atoms with Crippen molar-refractivity contribution < 1.29 is 29.4 Å². The second-order valence-electron chi connectivity index (χ2n) is 17.4. The van der Waals surface area contributed by atoms with Crippen molar-refractivity contribution >= 4 is 17.5 Å². The van der Waals surface area contributed by atoms with Gasteiger partial charge in [-0.15, -0.1) is 0 Å². The Hall–Kier alpha value is -2.24. The first kappa shape index (κ1) is 43.5. The SMILES string of the molecule is CCCC(c1cc(C(=O)N[C@H](CC)C(CC)CCC)cc(N(C)C)c1)C(CCN1O[C@@H](CO)[C@@H]([C@H](C)O)[C@H]1C(=O)N[C@H]1C[C@H]2C[C@H]([C@@H]1C)C2(C)C)OC. The van der Waals surface area contributed by atoms with Gasteiger partial charge in [-0.25, -0.2) is 0 Å². The lowest BCUT2D eigenvalue weighted by atomic mass is 9.45. The van der Waals surface area contributed by atoms with E-state index in [1.165, 1.54) is 6.42 Å². The van der Waals surface area contributed by atoms with E-state index >= 15 is 0 Å². The van der Waals surface area contributed by atoms with Crippen molar-refractivity contribution in [3.05, 3.63) is 29.3 Å². The average Bonchev–Trinajstić information content (AvgIpc) is 3.52. The van der Waals surface area contributed by atoms with Gasteiger partial charge in [-0.05, 0) is 98.3 Å². The summed E-state index contributed by atoms with van der Waals surface area (Å²) in [5.41, 5.74) is 2.96. The number of nitrogens with zero attached hydrogens (tertiary/aromatic N) is 2. The molecular formula is C43H74N4O6. The predicted molar refractivity (Wildman–Crippen MR) is 213 cm³/mol. The molecule has 1 heterocycles. The number of amides is 2. The van der Waals surface area contributed by atoms with Crippen molar-refractivity contribution in [3.63, 3.8) is 0 Å². The second-order valence-corrected chi connectivity index (χ2v) is 17.4. The summed E-state index contributed by atoms with van der Waals surface area (Å²) in [6.45, 7) is 17.4. The first-order chi connectivity index (χ1) is 25.2. The number of hydrogen-bond donors (Lipinski definition) is 4. The van der Waals surface area contributed by atoms with Crippen molar-refractivity contribution in [2.24, 2.45) is 35.0 Å². The van der Waals surface area contributed by atoms with Gasteiger partial charge in [0.1, 0.15) is 12.1 Å². The van der Waals surface area contributed by atoms with Crippen LogP contribution in [0.15, 0.2) is 18.2 Å². The molecular weight excluding hydrogens is 668 g/mol. The second kappa shape index (κ2) is 19.1. The van der Waals surface area contributed by atoms with Crippen LogP contribution in [-0.2, 0) is 14.4 Å². The summed E-state index contributed by atoms with van der Waals surface area (Å²) >= 11 is 0. The Morgan fingerprint density at radius 2 is 1.75 bits per heavy atom. The number of rotatable bonds is 20. The van der Waals surface area contributed by atoms with E-state index in [-0.39, 0.29) is 42.5 Å². The molecule has 1 aliphatic heterocycles. The van der Waals surface area contributed by atoms with Gasteiger partial charge in [0, 0.05) is 62.9 Å². The molecule has 10 nitrogen and oxygen atoms in total. The van der Waals surface area contributed by atoms with Crippen molar-refractivity contribution in [2.45, 2.75) is 156 Å². The summed E-state index contributed by atoms with van der Waals surface area (Å²) in [6.07, 6.45) is 6.82. The molecule has 1 aromatic rings. The van der Waals surface area contributed by atoms with Crippen LogP contribution in [0.5, 0.6) is 0 Å². The number of carbonyl (C=O) groups is 2. The summed E-state index contributed by atoms with van der Waals surface area (Å²) in [4.78, 5) is 36.4. The zero-order chi connectivity index (χ0) is 39.2. The maximum Gasteiger partial charge on any atom is 0.251 e. The van der Waals surface area contributed by atoms with E-state index in [2.05, 4.69) is 65.2 Å². The molecule has 53 heavy (non-hydrogen) atoms. The van der Waals surface area contributed by atoms with Gasteiger partial charge in [-0.2, -0.15) is 5.06 Å². The maximum absolute atomic E-state index is 14.2. The third-order valence-corrected chi connectivity index (χ3v) is 13.7. The first-order valence-corrected chi connectivity index (χ1v) is 20.9. The van der Waals surface area contributed by atoms with Crippen molar-refractivity contribution in [1.29, 1.82) is 0 Å². The molecule has 3 saturated carbocycles. The molecule has 4 N–H and O–H groups in total. The highest BCUT2D eigenvalue weighted by Gasteiger charge is 2.57. The molecule has 0 radical (unpaired) electrons. The van der Waals surface area contributed by atoms with Crippen LogP contribution in [0.3, 0.4) is 0 Å². The van der Waals surface area contributed by atoms with E-state index in [4.69, 9.17) is 9.57 Å². The molecule has 10 heteroatoms. The number of fused-ring (bicyclic) bond motifs is 2. The van der Waals surface area contributed by atoms with E-state index in [0.29, 0.717) is 47.6 Å². The smallest absolute Gasteiger partial charge is 0.251 e. The number of hydrogen-bond acceptors (Lipinski definition) is 8. The lowest BCUT2D eigenvalue weighted by Gasteiger charge is -2.62. The van der Waals surface area contributed by atoms with Crippen LogP contribution in [-0.4, -0.2) is 97.9 Å². The number of methoxy groups -OCH3 is 1. The lowest BCUT2D eigenvalue weighted by molar-refractivity contribution is -0.181. The van der Waals surface area contributed by atoms with E-state index in [0.717, 1.165) is 56.2 Å². The van der Waals surface area contributed by atoms with Gasteiger partial charge in [0.2, 0.25) is 5.91 Å². The van der Waals surface area contributed by atoms with Gasteiger partial charge in [0.25, 0.3) is 5.91 Å². The molecule has 2 bridgehead atoms. The molecule has 0 spiro atoms. The number of carbonyl (C=O) groups excluding carboxylic acids is 2. The van der Waals surface area contributed by atoms with Crippen molar-refractivity contribution in [2.75, 3.05) is 39.3 Å². The highest BCUT2D eigenvalue weighted by atomic mass is 16.7. The molecule has 4 fully saturated rings. The van der Waals surface area contributed by atoms with E-state index in [1.807, 2.05) is 31.1 Å². The van der Waals surface area contributed by atoms with E-state index in [9.17, 15) is 19.8 Å². The van der Waals surface area contributed by atoms with Crippen LogP contribution in [0, 0.1) is 35.0 Å². The van der Waals surface area contributed by atoms with Gasteiger partial charge in [0.15, 0.2) is 0 Å². The predicted octanol–water partition coefficient (Wildman–Crippen LogP) is 6.54. The van der Waals surface area contributed by atoms with Gasteiger partial charge < -0.3 is 30.5 Å². The molecule has 12 atom stereocenters. The quantitative estimate of drug-likeness (QED) is 0.119. The third kappa shape index (κ3) is 9.60. The molecule has 302 valence electrons. The number of aliphatic hydroxyl groups excluding tert-OH is 2. The molecule has 4 aliphatic rings. The fraction of sp³-hybridized carbons (Fsp3) is 0.814. The standard InChI is InChI=1S/C43H74N4O6/c1-12-16-28(14-3)35(15-4)44-41(50)30-20-29(21-32(22-30)46(9)10)33(17-13-2)37(52-11)18-19-47-40(39(27(6)49)38(25-48)53-47)42(51)45-36-24-31-23-34(26(36)5)43(31,7)8/h20-22,26-28,31,33-40,48-49H,12-19,23-25H2,1-11H3,(H,44,50)(H,45,51)/t26-,27-,28?,31+,33?,34+,35+,36-,37?,38-,39+,40-/m0/s1. The Bertz CT molecular complexity index is 1340. The van der Waals surface area contributed by atoms with Gasteiger partial charge >= 0.3 is 0 Å². The summed E-state index contributed by atoms with van der Waals surface area (Å²) in [6, 6.07) is 5.62. The monoisotopic (exact) mass is 743 g/mol. The van der Waals surface area contributed by atoms with E-state index < -0.39 is 24.2 Å². The highest BCUT2D eigenvalue weighted by Crippen LogP contribution is 2.61. The van der Waals surface area contributed by atoms with E-state index in [1.54, 1.807) is 19.1 Å². The van der Waals surface area contributed by atoms with Crippen molar-refractivity contribution in [1.82, 2.24) is 15.7 Å². The normalized spacial score (nSPS) is 29.4.